The Hall–Kier alpha value is -1.88. The molecule has 0 spiro atoms. The molecule has 5 heteroatoms. The molecule has 94 valence electrons. The van der Waals surface area contributed by atoms with Crippen LogP contribution in [-0.4, -0.2) is 16.0 Å². The summed E-state index contributed by atoms with van der Waals surface area (Å²) in [6.45, 7) is 4.10. The first kappa shape index (κ1) is 12.6. The molecule has 1 aromatic heterocycles. The van der Waals surface area contributed by atoms with E-state index in [4.69, 9.17) is 0 Å². The number of thiazole rings is 1. The number of hydrogen-bond acceptors (Lipinski definition) is 4. The molecule has 2 aromatic rings. The Labute approximate surface area is 109 Å². The van der Waals surface area contributed by atoms with Gasteiger partial charge < -0.3 is 10.2 Å². The van der Waals surface area contributed by atoms with Crippen molar-refractivity contribution in [2.75, 3.05) is 0 Å². The van der Waals surface area contributed by atoms with Crippen LogP contribution >= 0.6 is 11.3 Å². The van der Waals surface area contributed by atoms with Crippen LogP contribution in [0, 0.1) is 13.8 Å². The Kier molecular flexibility index (Phi) is 3.34. The number of nitrogens with zero attached hydrogens (tertiary/aromatic N) is 1. The Bertz CT molecular complexity index is 604. The Balaban J connectivity index is 2.28. The summed E-state index contributed by atoms with van der Waals surface area (Å²) in [7, 11) is 0. The summed E-state index contributed by atoms with van der Waals surface area (Å²) in [6.07, 6.45) is 0. The fraction of sp³-hybridized carbons (Fsp3) is 0.231. The molecular weight excluding hydrogens is 250 g/mol. The maximum Gasteiger partial charge on any atom is 0.231 e. The van der Waals surface area contributed by atoms with Gasteiger partial charge in [-0.2, -0.15) is 4.57 Å². The second-order valence-corrected chi connectivity index (χ2v) is 5.15. The molecule has 0 bridgehead atoms. The first-order valence-electron chi connectivity index (χ1n) is 5.49. The van der Waals surface area contributed by atoms with Crippen LogP contribution in [0.5, 0.6) is 11.5 Å². The lowest BCUT2D eigenvalue weighted by Gasteiger charge is -2.03. The van der Waals surface area contributed by atoms with E-state index in [9.17, 15) is 15.0 Å². The smallest absolute Gasteiger partial charge is 0.231 e. The van der Waals surface area contributed by atoms with Crippen LogP contribution in [0.15, 0.2) is 23.7 Å². The van der Waals surface area contributed by atoms with Crippen LogP contribution < -0.4 is 4.57 Å². The minimum absolute atomic E-state index is 0.144. The lowest BCUT2D eigenvalue weighted by molar-refractivity contribution is -0.684. The highest BCUT2D eigenvalue weighted by molar-refractivity contribution is 7.09. The van der Waals surface area contributed by atoms with Crippen molar-refractivity contribution in [1.82, 2.24) is 0 Å². The minimum Gasteiger partial charge on any atom is -0.504 e. The van der Waals surface area contributed by atoms with E-state index in [2.05, 4.69) is 0 Å². The predicted molar refractivity (Wildman–Crippen MR) is 68.1 cm³/mol. The standard InChI is InChI=1S/C13H13NO3S/c1-8-9(2)18-7-14(8)6-12(16)10-4-3-5-11(15)13(10)17/h3-5,7H,6H2,1-2H3,(H-,15,16,17)/p+1. The van der Waals surface area contributed by atoms with E-state index in [1.165, 1.54) is 12.1 Å². The van der Waals surface area contributed by atoms with E-state index in [1.807, 2.05) is 23.9 Å². The third-order valence-corrected chi connectivity index (χ3v) is 3.93. The van der Waals surface area contributed by atoms with Crippen molar-refractivity contribution in [1.29, 1.82) is 0 Å². The molecule has 1 heterocycles. The van der Waals surface area contributed by atoms with Gasteiger partial charge in [0, 0.05) is 6.92 Å². The fourth-order valence-electron chi connectivity index (χ4n) is 1.66. The normalized spacial score (nSPS) is 10.6. The SMILES string of the molecule is Cc1sc[n+](CC(=O)c2cccc(O)c2O)c1C. The average Bonchev–Trinajstić information content (AvgIpc) is 2.64. The van der Waals surface area contributed by atoms with Crippen LogP contribution in [0.2, 0.25) is 0 Å². The van der Waals surface area contributed by atoms with Crippen molar-refractivity contribution in [2.45, 2.75) is 20.4 Å². The van der Waals surface area contributed by atoms with E-state index in [1.54, 1.807) is 17.4 Å². The Morgan fingerprint density at radius 2 is 2.06 bits per heavy atom. The van der Waals surface area contributed by atoms with Crippen molar-refractivity contribution in [3.63, 3.8) is 0 Å². The molecule has 0 radical (unpaired) electrons. The zero-order valence-corrected chi connectivity index (χ0v) is 11.0. The Morgan fingerprint density at radius 1 is 1.33 bits per heavy atom. The number of hydrogen-bond donors (Lipinski definition) is 2. The summed E-state index contributed by atoms with van der Waals surface area (Å²) in [4.78, 5) is 13.2. The number of Topliss-reactive ketones (excluding diaryl/α,β-unsaturated/α-hetero) is 1. The molecule has 0 aliphatic rings. The molecule has 0 saturated heterocycles. The first-order chi connectivity index (χ1) is 8.50. The Morgan fingerprint density at radius 3 is 2.67 bits per heavy atom. The molecule has 0 fully saturated rings. The van der Waals surface area contributed by atoms with Gasteiger partial charge in [0.15, 0.2) is 17.2 Å². The number of ketones is 1. The van der Waals surface area contributed by atoms with Gasteiger partial charge in [-0.3, -0.25) is 4.79 Å². The number of rotatable bonds is 3. The molecule has 1 aromatic carbocycles. The van der Waals surface area contributed by atoms with E-state index in [0.717, 1.165) is 10.6 Å². The quantitative estimate of drug-likeness (QED) is 0.506. The van der Waals surface area contributed by atoms with E-state index < -0.39 is 0 Å². The largest absolute Gasteiger partial charge is 0.504 e. The maximum atomic E-state index is 12.1. The van der Waals surface area contributed by atoms with Crippen molar-refractivity contribution < 1.29 is 19.6 Å². The molecule has 0 saturated carbocycles. The van der Waals surface area contributed by atoms with Gasteiger partial charge in [0.25, 0.3) is 0 Å². The summed E-state index contributed by atoms with van der Waals surface area (Å²) in [5.74, 6) is -0.855. The molecule has 0 atom stereocenters. The van der Waals surface area contributed by atoms with Crippen molar-refractivity contribution in [3.8, 4) is 11.5 Å². The molecule has 0 amide bonds. The highest BCUT2D eigenvalue weighted by Gasteiger charge is 2.20. The van der Waals surface area contributed by atoms with Gasteiger partial charge in [0.1, 0.15) is 0 Å². The van der Waals surface area contributed by atoms with Gasteiger partial charge in [-0.25, -0.2) is 0 Å². The number of carbonyl (C=O) groups is 1. The van der Waals surface area contributed by atoms with Crippen LogP contribution in [0.4, 0.5) is 0 Å². The third-order valence-electron chi connectivity index (χ3n) is 2.93. The molecule has 2 N–H and O–H groups in total. The monoisotopic (exact) mass is 264 g/mol. The van der Waals surface area contributed by atoms with Gasteiger partial charge >= 0.3 is 0 Å². The lowest BCUT2D eigenvalue weighted by Crippen LogP contribution is -2.38. The van der Waals surface area contributed by atoms with Gasteiger partial charge in [0.05, 0.1) is 10.4 Å². The van der Waals surface area contributed by atoms with E-state index >= 15 is 0 Å². The number of phenolic OH excluding ortho intramolecular Hbond substituents is 2. The molecule has 0 aliphatic heterocycles. The number of phenols is 2. The van der Waals surface area contributed by atoms with E-state index in [0.29, 0.717) is 0 Å². The van der Waals surface area contributed by atoms with Crippen molar-refractivity contribution in [3.05, 3.63) is 39.8 Å². The summed E-state index contributed by atoms with van der Waals surface area (Å²) >= 11 is 1.57. The lowest BCUT2D eigenvalue weighted by atomic mass is 10.1. The second kappa shape index (κ2) is 4.78. The van der Waals surface area contributed by atoms with Crippen LogP contribution in [0.3, 0.4) is 0 Å². The highest BCUT2D eigenvalue weighted by Crippen LogP contribution is 2.28. The van der Waals surface area contributed by atoms with Gasteiger partial charge in [-0.05, 0) is 19.1 Å². The van der Waals surface area contributed by atoms with Gasteiger partial charge in [-0.1, -0.05) is 17.4 Å². The first-order valence-corrected chi connectivity index (χ1v) is 6.37. The fourth-order valence-corrected chi connectivity index (χ4v) is 2.47. The zero-order chi connectivity index (χ0) is 13.3. The summed E-state index contributed by atoms with van der Waals surface area (Å²) in [5.41, 5.74) is 3.06. The molecule has 0 aliphatic carbocycles. The summed E-state index contributed by atoms with van der Waals surface area (Å²) in [6, 6.07) is 4.39. The summed E-state index contributed by atoms with van der Waals surface area (Å²) in [5, 5.41) is 19.0. The highest BCUT2D eigenvalue weighted by atomic mass is 32.1. The van der Waals surface area contributed by atoms with Crippen molar-refractivity contribution >= 4 is 17.1 Å². The number of aromatic nitrogens is 1. The molecule has 4 nitrogen and oxygen atoms in total. The average molecular weight is 264 g/mol. The second-order valence-electron chi connectivity index (χ2n) is 4.09. The number of aryl methyl sites for hydroxylation is 1. The van der Waals surface area contributed by atoms with Crippen LogP contribution in [0.1, 0.15) is 20.9 Å². The summed E-state index contributed by atoms with van der Waals surface area (Å²) < 4.78 is 1.84. The zero-order valence-electron chi connectivity index (χ0n) is 10.2. The van der Waals surface area contributed by atoms with Crippen LogP contribution in [-0.2, 0) is 6.54 Å². The van der Waals surface area contributed by atoms with Crippen LogP contribution in [0.25, 0.3) is 0 Å². The topological polar surface area (TPSA) is 61.4 Å². The molecular formula is C13H14NO3S+. The minimum atomic E-state index is -0.354. The molecule has 2 rings (SSSR count). The van der Waals surface area contributed by atoms with E-state index in [-0.39, 0.29) is 29.4 Å². The number of para-hydroxylation sites is 1. The predicted octanol–water partition coefficient (Wildman–Crippen LogP) is 1.95. The van der Waals surface area contributed by atoms with Gasteiger partial charge in [0.2, 0.25) is 17.8 Å². The maximum absolute atomic E-state index is 12.1. The number of carbonyl (C=O) groups excluding carboxylic acids is 1. The number of benzene rings is 1. The number of aromatic hydroxyl groups is 2. The molecule has 18 heavy (non-hydrogen) atoms. The van der Waals surface area contributed by atoms with Crippen molar-refractivity contribution in [2.24, 2.45) is 0 Å². The molecule has 0 unspecified atom stereocenters. The third kappa shape index (κ3) is 2.22. The van der Waals surface area contributed by atoms with Gasteiger partial charge in [-0.15, -0.1) is 0 Å².